The van der Waals surface area contributed by atoms with Crippen molar-refractivity contribution in [3.05, 3.63) is 64.3 Å². The van der Waals surface area contributed by atoms with Crippen molar-refractivity contribution in [1.82, 2.24) is 24.4 Å². The normalized spacial score (nSPS) is 12.1. The summed E-state index contributed by atoms with van der Waals surface area (Å²) in [6.45, 7) is 3.08. The highest BCUT2D eigenvalue weighted by Gasteiger charge is 2.31. The molecule has 0 aliphatic carbocycles. The molecular formula is C20H17F3N6O2. The lowest BCUT2D eigenvalue weighted by Gasteiger charge is -2.15. The number of imidazole rings is 1. The fraction of sp³-hybridized carbons (Fsp3) is 0.250. The van der Waals surface area contributed by atoms with Crippen molar-refractivity contribution in [3.63, 3.8) is 0 Å². The second kappa shape index (κ2) is 7.49. The van der Waals surface area contributed by atoms with Crippen molar-refractivity contribution in [2.45, 2.75) is 32.5 Å². The predicted molar refractivity (Wildman–Crippen MR) is 107 cm³/mol. The number of hydrogen-bond donors (Lipinski definition) is 1. The Morgan fingerprint density at radius 2 is 1.90 bits per heavy atom. The molecule has 0 spiro atoms. The average Bonchev–Trinajstić information content (AvgIpc) is 3.16. The van der Waals surface area contributed by atoms with E-state index in [4.69, 9.17) is 0 Å². The van der Waals surface area contributed by atoms with Crippen molar-refractivity contribution in [3.8, 4) is 0 Å². The van der Waals surface area contributed by atoms with E-state index in [2.05, 4.69) is 20.5 Å². The van der Waals surface area contributed by atoms with Crippen LogP contribution >= 0.6 is 0 Å². The van der Waals surface area contributed by atoms with E-state index < -0.39 is 29.8 Å². The van der Waals surface area contributed by atoms with Gasteiger partial charge in [0.05, 0.1) is 16.6 Å². The van der Waals surface area contributed by atoms with Gasteiger partial charge in [0.1, 0.15) is 6.54 Å². The monoisotopic (exact) mass is 430 g/mol. The van der Waals surface area contributed by atoms with Gasteiger partial charge < -0.3 is 5.32 Å². The molecule has 0 saturated heterocycles. The molecule has 0 aliphatic heterocycles. The Bertz CT molecular complexity index is 1360. The lowest BCUT2D eigenvalue weighted by atomic mass is 10.0. The van der Waals surface area contributed by atoms with Crippen molar-refractivity contribution in [2.24, 2.45) is 0 Å². The van der Waals surface area contributed by atoms with Crippen LogP contribution < -0.4 is 10.9 Å². The van der Waals surface area contributed by atoms with E-state index >= 15 is 0 Å². The number of aromatic nitrogens is 5. The van der Waals surface area contributed by atoms with Crippen LogP contribution in [-0.4, -0.2) is 30.3 Å². The summed E-state index contributed by atoms with van der Waals surface area (Å²) in [6.07, 6.45) is -1.37. The highest BCUT2D eigenvalue weighted by atomic mass is 19.4. The molecule has 3 heterocycles. The van der Waals surface area contributed by atoms with Crippen LogP contribution in [0.2, 0.25) is 0 Å². The summed E-state index contributed by atoms with van der Waals surface area (Å²) in [5, 5.41) is 11.1. The molecule has 0 bridgehead atoms. The summed E-state index contributed by atoms with van der Waals surface area (Å²) in [5.74, 6) is -0.572. The zero-order chi connectivity index (χ0) is 22.3. The molecule has 0 saturated carbocycles. The Morgan fingerprint density at radius 3 is 2.61 bits per heavy atom. The maximum absolute atomic E-state index is 13.1. The van der Waals surface area contributed by atoms with Crippen LogP contribution in [0.4, 0.5) is 19.0 Å². The van der Waals surface area contributed by atoms with Gasteiger partial charge in [0, 0.05) is 17.8 Å². The second-order valence-electron chi connectivity index (χ2n) is 7.26. The Kier molecular flexibility index (Phi) is 4.96. The molecule has 8 nitrogen and oxygen atoms in total. The third kappa shape index (κ3) is 3.98. The van der Waals surface area contributed by atoms with Crippen molar-refractivity contribution in [1.29, 1.82) is 0 Å². The van der Waals surface area contributed by atoms with Gasteiger partial charge >= 0.3 is 6.18 Å². The number of fused-ring (bicyclic) bond motifs is 2. The topological polar surface area (TPSA) is 94.2 Å². The molecule has 0 unspecified atom stereocenters. The molecular weight excluding hydrogens is 413 g/mol. The molecule has 3 aromatic heterocycles. The zero-order valence-electron chi connectivity index (χ0n) is 16.5. The number of rotatable bonds is 4. The van der Waals surface area contributed by atoms with Gasteiger partial charge in [0.25, 0.3) is 5.56 Å². The van der Waals surface area contributed by atoms with Crippen LogP contribution in [0.5, 0.6) is 0 Å². The molecule has 4 aromatic rings. The lowest BCUT2D eigenvalue weighted by molar-refractivity contribution is -0.137. The largest absolute Gasteiger partial charge is 0.416 e. The predicted octanol–water partition coefficient (Wildman–Crippen LogP) is 3.22. The molecule has 0 fully saturated rings. The summed E-state index contributed by atoms with van der Waals surface area (Å²) in [6, 6.07) is 6.13. The smallest absolute Gasteiger partial charge is 0.308 e. The SMILES string of the molecule is CC(C)c1nn(CC(=O)Nc2ccc3nccn3n2)c(=O)c2ccc(C(F)(F)F)cc12. The van der Waals surface area contributed by atoms with E-state index in [0.717, 1.165) is 22.9 Å². The molecule has 11 heteroatoms. The number of carbonyl (C=O) groups excluding carboxylic acids is 1. The number of nitrogens with zero attached hydrogens (tertiary/aromatic N) is 5. The summed E-state index contributed by atoms with van der Waals surface area (Å²) in [7, 11) is 0. The minimum absolute atomic E-state index is 0.0671. The standard InChI is InChI=1S/C20H17F3N6O2/c1-11(2)18-14-9-12(20(21,22)23)3-4-13(14)19(31)29(27-18)10-17(30)25-15-5-6-16-24-7-8-28(16)26-15/h3-9,11H,10H2,1-2H3,(H,25,26,30). The van der Waals surface area contributed by atoms with Crippen molar-refractivity contribution < 1.29 is 18.0 Å². The fourth-order valence-corrected chi connectivity index (χ4v) is 3.22. The molecule has 0 atom stereocenters. The summed E-state index contributed by atoms with van der Waals surface area (Å²) in [4.78, 5) is 29.3. The second-order valence-corrected chi connectivity index (χ2v) is 7.26. The number of hydrogen-bond acceptors (Lipinski definition) is 5. The van der Waals surface area contributed by atoms with Gasteiger partial charge in [0.15, 0.2) is 11.5 Å². The Hall–Kier alpha value is -3.76. The van der Waals surface area contributed by atoms with Crippen LogP contribution in [0.1, 0.15) is 31.0 Å². The summed E-state index contributed by atoms with van der Waals surface area (Å²) < 4.78 is 41.8. The molecule has 0 aliphatic rings. The van der Waals surface area contributed by atoms with E-state index in [9.17, 15) is 22.8 Å². The van der Waals surface area contributed by atoms with E-state index in [1.54, 1.807) is 38.4 Å². The maximum Gasteiger partial charge on any atom is 0.416 e. The number of halogens is 3. The molecule has 1 aromatic carbocycles. The van der Waals surface area contributed by atoms with Gasteiger partial charge in [-0.05, 0) is 36.2 Å². The molecule has 4 rings (SSSR count). The number of amides is 1. The Labute approximate surface area is 173 Å². The first-order valence-electron chi connectivity index (χ1n) is 9.35. The van der Waals surface area contributed by atoms with Crippen molar-refractivity contribution in [2.75, 3.05) is 5.32 Å². The Balaban J connectivity index is 1.68. The van der Waals surface area contributed by atoms with Gasteiger partial charge in [-0.15, -0.1) is 5.10 Å². The van der Waals surface area contributed by atoms with Gasteiger partial charge in [0.2, 0.25) is 5.91 Å². The fourth-order valence-electron chi connectivity index (χ4n) is 3.22. The van der Waals surface area contributed by atoms with Crippen LogP contribution in [-0.2, 0) is 17.5 Å². The number of anilines is 1. The minimum Gasteiger partial charge on any atom is -0.308 e. The summed E-state index contributed by atoms with van der Waals surface area (Å²) in [5.41, 5.74) is -0.613. The highest BCUT2D eigenvalue weighted by molar-refractivity contribution is 5.90. The lowest BCUT2D eigenvalue weighted by Crippen LogP contribution is -2.31. The van der Waals surface area contributed by atoms with Crippen LogP contribution in [0, 0.1) is 0 Å². The first-order chi connectivity index (χ1) is 14.6. The summed E-state index contributed by atoms with van der Waals surface area (Å²) >= 11 is 0. The zero-order valence-corrected chi connectivity index (χ0v) is 16.5. The van der Waals surface area contributed by atoms with E-state index in [-0.39, 0.29) is 22.5 Å². The van der Waals surface area contributed by atoms with E-state index in [0.29, 0.717) is 11.3 Å². The molecule has 0 radical (unpaired) electrons. The van der Waals surface area contributed by atoms with E-state index in [1.165, 1.54) is 4.52 Å². The van der Waals surface area contributed by atoms with Crippen LogP contribution in [0.25, 0.3) is 16.4 Å². The van der Waals surface area contributed by atoms with Gasteiger partial charge in [-0.25, -0.2) is 14.2 Å². The molecule has 160 valence electrons. The number of alkyl halides is 3. The third-order valence-corrected chi connectivity index (χ3v) is 4.68. The minimum atomic E-state index is -4.54. The third-order valence-electron chi connectivity index (χ3n) is 4.68. The average molecular weight is 430 g/mol. The molecule has 1 amide bonds. The number of benzene rings is 1. The Morgan fingerprint density at radius 1 is 1.13 bits per heavy atom. The quantitative estimate of drug-likeness (QED) is 0.537. The van der Waals surface area contributed by atoms with Gasteiger partial charge in [-0.1, -0.05) is 13.8 Å². The molecule has 31 heavy (non-hydrogen) atoms. The number of nitrogens with one attached hydrogen (secondary N) is 1. The van der Waals surface area contributed by atoms with Gasteiger partial charge in [-0.2, -0.15) is 18.3 Å². The highest BCUT2D eigenvalue weighted by Crippen LogP contribution is 2.32. The molecule has 1 N–H and O–H groups in total. The maximum atomic E-state index is 13.1. The van der Waals surface area contributed by atoms with E-state index in [1.807, 2.05) is 0 Å². The first-order valence-corrected chi connectivity index (χ1v) is 9.35. The van der Waals surface area contributed by atoms with Crippen LogP contribution in [0.3, 0.4) is 0 Å². The van der Waals surface area contributed by atoms with Crippen LogP contribution in [0.15, 0.2) is 47.5 Å². The number of carbonyl (C=O) groups is 1. The van der Waals surface area contributed by atoms with Gasteiger partial charge in [-0.3, -0.25) is 9.59 Å². The van der Waals surface area contributed by atoms with Crippen molar-refractivity contribution >= 4 is 28.1 Å². The first kappa shape index (κ1) is 20.5.